The van der Waals surface area contributed by atoms with Gasteiger partial charge in [-0.1, -0.05) is 32.4 Å². The standard InChI is InChI=1S/C20H28N2/c1-16(2)20-19-15-17(8-9-18(19)10-11-21-20)7-6-14-22-12-4-3-5-13-22/h8-11,15-16H,3-7,12-14H2,1-2H3. The Morgan fingerprint density at radius 2 is 1.91 bits per heavy atom. The van der Waals surface area contributed by atoms with Crippen molar-refractivity contribution in [2.24, 2.45) is 0 Å². The highest BCUT2D eigenvalue weighted by Crippen LogP contribution is 2.24. The van der Waals surface area contributed by atoms with Gasteiger partial charge in [-0.05, 0) is 74.3 Å². The van der Waals surface area contributed by atoms with Gasteiger partial charge in [0.15, 0.2) is 0 Å². The molecule has 1 saturated heterocycles. The molecule has 0 N–H and O–H groups in total. The van der Waals surface area contributed by atoms with Crippen molar-refractivity contribution in [1.82, 2.24) is 9.88 Å². The van der Waals surface area contributed by atoms with Crippen molar-refractivity contribution in [2.75, 3.05) is 19.6 Å². The van der Waals surface area contributed by atoms with Crippen LogP contribution in [0.5, 0.6) is 0 Å². The zero-order valence-corrected chi connectivity index (χ0v) is 14.0. The van der Waals surface area contributed by atoms with E-state index in [0.717, 1.165) is 0 Å². The molecule has 2 nitrogen and oxygen atoms in total. The van der Waals surface area contributed by atoms with E-state index in [4.69, 9.17) is 0 Å². The SMILES string of the molecule is CC(C)c1nccc2ccc(CCCN3CCCCC3)cc12. The lowest BCUT2D eigenvalue weighted by Crippen LogP contribution is -2.30. The van der Waals surface area contributed by atoms with Gasteiger partial charge in [-0.2, -0.15) is 0 Å². The Hall–Kier alpha value is -1.41. The molecule has 0 amide bonds. The number of fused-ring (bicyclic) bond motifs is 1. The highest BCUT2D eigenvalue weighted by Gasteiger charge is 2.10. The molecule has 0 bridgehead atoms. The quantitative estimate of drug-likeness (QED) is 0.789. The molecule has 0 saturated carbocycles. The molecule has 2 heteroatoms. The summed E-state index contributed by atoms with van der Waals surface area (Å²) in [5.41, 5.74) is 2.69. The second-order valence-corrected chi connectivity index (χ2v) is 6.91. The molecule has 1 fully saturated rings. The Morgan fingerprint density at radius 3 is 2.68 bits per heavy atom. The zero-order valence-electron chi connectivity index (χ0n) is 14.0. The number of aromatic nitrogens is 1. The van der Waals surface area contributed by atoms with Gasteiger partial charge >= 0.3 is 0 Å². The lowest BCUT2D eigenvalue weighted by Gasteiger charge is -2.26. The van der Waals surface area contributed by atoms with E-state index in [2.05, 4.69) is 48.0 Å². The van der Waals surface area contributed by atoms with Crippen molar-refractivity contribution < 1.29 is 0 Å². The monoisotopic (exact) mass is 296 g/mol. The first-order chi connectivity index (χ1) is 10.7. The normalized spacial score (nSPS) is 16.5. The zero-order chi connectivity index (χ0) is 15.4. The van der Waals surface area contributed by atoms with Gasteiger partial charge in [0, 0.05) is 11.6 Å². The summed E-state index contributed by atoms with van der Waals surface area (Å²) in [7, 11) is 0. The van der Waals surface area contributed by atoms with Crippen LogP contribution in [0.1, 0.15) is 56.7 Å². The summed E-state index contributed by atoms with van der Waals surface area (Å²) in [6.07, 6.45) is 8.58. The molecule has 1 aromatic heterocycles. The third-order valence-electron chi connectivity index (χ3n) is 4.80. The Balaban J connectivity index is 1.67. The number of likely N-dealkylation sites (tertiary alicyclic amines) is 1. The van der Waals surface area contributed by atoms with Crippen LogP contribution in [0, 0.1) is 0 Å². The fourth-order valence-electron chi connectivity index (χ4n) is 3.54. The second kappa shape index (κ2) is 7.23. The van der Waals surface area contributed by atoms with Crippen molar-refractivity contribution in [2.45, 2.75) is 51.9 Å². The summed E-state index contributed by atoms with van der Waals surface area (Å²) in [6, 6.07) is 9.05. The maximum atomic E-state index is 4.59. The molecule has 0 spiro atoms. The second-order valence-electron chi connectivity index (χ2n) is 6.91. The van der Waals surface area contributed by atoms with Gasteiger partial charge < -0.3 is 4.90 Å². The molecule has 3 rings (SSSR count). The minimum atomic E-state index is 0.479. The number of hydrogen-bond donors (Lipinski definition) is 0. The Morgan fingerprint density at radius 1 is 1.09 bits per heavy atom. The van der Waals surface area contributed by atoms with E-state index in [1.54, 1.807) is 0 Å². The van der Waals surface area contributed by atoms with Crippen LogP contribution in [0.15, 0.2) is 30.5 Å². The van der Waals surface area contributed by atoms with Gasteiger partial charge in [0.2, 0.25) is 0 Å². The van der Waals surface area contributed by atoms with Gasteiger partial charge in [-0.15, -0.1) is 0 Å². The number of nitrogens with zero attached hydrogens (tertiary/aromatic N) is 2. The summed E-state index contributed by atoms with van der Waals surface area (Å²) >= 11 is 0. The fraction of sp³-hybridized carbons (Fsp3) is 0.550. The summed E-state index contributed by atoms with van der Waals surface area (Å²) in [4.78, 5) is 7.22. The van der Waals surface area contributed by atoms with Gasteiger partial charge in [0.25, 0.3) is 0 Å². The summed E-state index contributed by atoms with van der Waals surface area (Å²) in [6.45, 7) is 8.32. The lowest BCUT2D eigenvalue weighted by atomic mass is 9.98. The first-order valence-corrected chi connectivity index (χ1v) is 8.84. The highest BCUT2D eigenvalue weighted by molar-refractivity contribution is 5.85. The molecule has 2 aromatic rings. The summed E-state index contributed by atoms with van der Waals surface area (Å²) < 4.78 is 0. The summed E-state index contributed by atoms with van der Waals surface area (Å²) in [5.74, 6) is 0.479. The van der Waals surface area contributed by atoms with E-state index < -0.39 is 0 Å². The fourth-order valence-corrected chi connectivity index (χ4v) is 3.54. The van der Waals surface area contributed by atoms with Crippen LogP contribution >= 0.6 is 0 Å². The third-order valence-corrected chi connectivity index (χ3v) is 4.80. The minimum absolute atomic E-state index is 0.479. The van der Waals surface area contributed by atoms with Gasteiger partial charge in [-0.3, -0.25) is 4.98 Å². The lowest BCUT2D eigenvalue weighted by molar-refractivity contribution is 0.226. The van der Waals surface area contributed by atoms with Crippen molar-refractivity contribution in [3.05, 3.63) is 41.7 Å². The van der Waals surface area contributed by atoms with Crippen LogP contribution < -0.4 is 0 Å². The Labute approximate surface area is 134 Å². The van der Waals surface area contributed by atoms with Crippen molar-refractivity contribution in [3.8, 4) is 0 Å². The van der Waals surface area contributed by atoms with Gasteiger partial charge in [0.1, 0.15) is 0 Å². The van der Waals surface area contributed by atoms with Crippen molar-refractivity contribution >= 4 is 10.8 Å². The molecule has 0 radical (unpaired) electrons. The van der Waals surface area contributed by atoms with E-state index in [0.29, 0.717) is 5.92 Å². The average Bonchev–Trinajstić information content (AvgIpc) is 2.55. The largest absolute Gasteiger partial charge is 0.303 e. The van der Waals surface area contributed by atoms with Crippen LogP contribution in [-0.4, -0.2) is 29.5 Å². The first kappa shape index (κ1) is 15.5. The topological polar surface area (TPSA) is 16.1 Å². The summed E-state index contributed by atoms with van der Waals surface area (Å²) in [5, 5.41) is 2.66. The molecule has 0 unspecified atom stereocenters. The van der Waals surface area contributed by atoms with E-state index in [1.165, 1.54) is 73.8 Å². The number of hydrogen-bond acceptors (Lipinski definition) is 2. The predicted molar refractivity (Wildman–Crippen MR) is 94.4 cm³/mol. The molecule has 1 aliphatic rings. The molecule has 22 heavy (non-hydrogen) atoms. The molecular formula is C20H28N2. The first-order valence-electron chi connectivity index (χ1n) is 8.84. The molecule has 1 aromatic carbocycles. The number of rotatable bonds is 5. The molecule has 118 valence electrons. The molecule has 0 aliphatic carbocycles. The number of pyridine rings is 1. The van der Waals surface area contributed by atoms with Crippen LogP contribution in [0.25, 0.3) is 10.8 Å². The van der Waals surface area contributed by atoms with E-state index in [9.17, 15) is 0 Å². The smallest absolute Gasteiger partial charge is 0.0507 e. The number of aryl methyl sites for hydroxylation is 1. The average molecular weight is 296 g/mol. The molecular weight excluding hydrogens is 268 g/mol. The van der Waals surface area contributed by atoms with Crippen LogP contribution in [0.3, 0.4) is 0 Å². The van der Waals surface area contributed by atoms with Crippen LogP contribution in [0.2, 0.25) is 0 Å². The van der Waals surface area contributed by atoms with Crippen LogP contribution in [-0.2, 0) is 6.42 Å². The van der Waals surface area contributed by atoms with Gasteiger partial charge in [0.05, 0.1) is 5.69 Å². The van der Waals surface area contributed by atoms with Gasteiger partial charge in [-0.25, -0.2) is 0 Å². The predicted octanol–water partition coefficient (Wildman–Crippen LogP) is 4.78. The third kappa shape index (κ3) is 3.67. The maximum absolute atomic E-state index is 4.59. The van der Waals surface area contributed by atoms with E-state index in [1.807, 2.05) is 6.20 Å². The highest BCUT2D eigenvalue weighted by atomic mass is 15.1. The maximum Gasteiger partial charge on any atom is 0.0507 e. The minimum Gasteiger partial charge on any atom is -0.303 e. The number of benzene rings is 1. The Bertz CT molecular complexity index is 612. The van der Waals surface area contributed by atoms with E-state index in [-0.39, 0.29) is 0 Å². The number of piperidine rings is 1. The molecule has 2 heterocycles. The molecule has 1 aliphatic heterocycles. The molecule has 0 atom stereocenters. The van der Waals surface area contributed by atoms with Crippen molar-refractivity contribution in [3.63, 3.8) is 0 Å². The van der Waals surface area contributed by atoms with E-state index >= 15 is 0 Å². The Kier molecular flexibility index (Phi) is 5.09. The van der Waals surface area contributed by atoms with Crippen LogP contribution in [0.4, 0.5) is 0 Å². The van der Waals surface area contributed by atoms with Crippen molar-refractivity contribution in [1.29, 1.82) is 0 Å².